The van der Waals surface area contributed by atoms with Crippen molar-refractivity contribution in [2.24, 2.45) is 11.7 Å². The van der Waals surface area contributed by atoms with E-state index in [1.165, 1.54) is 6.42 Å². The summed E-state index contributed by atoms with van der Waals surface area (Å²) in [7, 11) is 1.87. The summed E-state index contributed by atoms with van der Waals surface area (Å²) < 4.78 is 0. The number of likely N-dealkylation sites (N-methyl/N-ethyl adjacent to an activating group) is 1. The van der Waals surface area contributed by atoms with Crippen molar-refractivity contribution in [2.45, 2.75) is 44.6 Å². The average Bonchev–Trinajstić information content (AvgIpc) is 2.55. The van der Waals surface area contributed by atoms with Crippen LogP contribution in [-0.2, 0) is 0 Å². The molecule has 21 heavy (non-hydrogen) atoms. The van der Waals surface area contributed by atoms with Crippen molar-refractivity contribution in [2.75, 3.05) is 18.9 Å². The molecule has 1 aromatic rings. The lowest BCUT2D eigenvalue weighted by Gasteiger charge is -2.45. The van der Waals surface area contributed by atoms with Gasteiger partial charge in [0.05, 0.1) is 5.54 Å². The standard InChI is InChI=1S/C17H27N3O/c1-3-14-9-11-17(13-18,12-10-14)20(2)16(21)19-15-7-5-4-6-8-15/h4-8,14H,3,9-13,18H2,1-2H3,(H,19,21). The van der Waals surface area contributed by atoms with E-state index in [-0.39, 0.29) is 11.6 Å². The van der Waals surface area contributed by atoms with Gasteiger partial charge in [-0.3, -0.25) is 0 Å². The van der Waals surface area contributed by atoms with Crippen LogP contribution in [0.1, 0.15) is 39.0 Å². The van der Waals surface area contributed by atoms with E-state index in [2.05, 4.69) is 12.2 Å². The third-order valence-corrected chi connectivity index (χ3v) is 5.03. The van der Waals surface area contributed by atoms with Gasteiger partial charge in [-0.15, -0.1) is 0 Å². The minimum atomic E-state index is -0.190. The minimum Gasteiger partial charge on any atom is -0.328 e. The number of amides is 2. The Morgan fingerprint density at radius 1 is 1.33 bits per heavy atom. The summed E-state index contributed by atoms with van der Waals surface area (Å²) >= 11 is 0. The van der Waals surface area contributed by atoms with Crippen LogP contribution in [0.15, 0.2) is 30.3 Å². The van der Waals surface area contributed by atoms with Gasteiger partial charge in [0, 0.05) is 19.3 Å². The molecule has 1 aliphatic rings. The first-order chi connectivity index (χ1) is 10.1. The molecule has 2 rings (SSSR count). The maximum atomic E-state index is 12.5. The van der Waals surface area contributed by atoms with Gasteiger partial charge < -0.3 is 16.0 Å². The summed E-state index contributed by atoms with van der Waals surface area (Å²) in [4.78, 5) is 14.3. The fourth-order valence-electron chi connectivity index (χ4n) is 3.24. The van der Waals surface area contributed by atoms with Crippen LogP contribution < -0.4 is 11.1 Å². The summed E-state index contributed by atoms with van der Waals surface area (Å²) in [6, 6.07) is 9.50. The van der Waals surface area contributed by atoms with Crippen LogP contribution in [0, 0.1) is 5.92 Å². The normalized spacial score (nSPS) is 25.4. The highest BCUT2D eigenvalue weighted by atomic mass is 16.2. The van der Waals surface area contributed by atoms with E-state index >= 15 is 0 Å². The lowest BCUT2D eigenvalue weighted by molar-refractivity contribution is 0.0926. The number of carbonyl (C=O) groups is 1. The Kier molecular flexibility index (Phi) is 5.23. The van der Waals surface area contributed by atoms with Gasteiger partial charge >= 0.3 is 6.03 Å². The Balaban J connectivity index is 2.02. The van der Waals surface area contributed by atoms with E-state index in [4.69, 9.17) is 5.73 Å². The zero-order chi connectivity index (χ0) is 15.3. The Morgan fingerprint density at radius 2 is 1.95 bits per heavy atom. The largest absolute Gasteiger partial charge is 0.328 e. The fourth-order valence-corrected chi connectivity index (χ4v) is 3.24. The molecule has 1 aliphatic carbocycles. The maximum absolute atomic E-state index is 12.5. The number of benzene rings is 1. The number of nitrogens with one attached hydrogen (secondary N) is 1. The van der Waals surface area contributed by atoms with Crippen molar-refractivity contribution in [1.29, 1.82) is 0 Å². The van der Waals surface area contributed by atoms with Crippen LogP contribution in [0.4, 0.5) is 10.5 Å². The molecule has 116 valence electrons. The van der Waals surface area contributed by atoms with E-state index in [9.17, 15) is 4.79 Å². The monoisotopic (exact) mass is 289 g/mol. The first kappa shape index (κ1) is 15.8. The topological polar surface area (TPSA) is 58.4 Å². The van der Waals surface area contributed by atoms with Crippen LogP contribution in [0.25, 0.3) is 0 Å². The highest BCUT2D eigenvalue weighted by Crippen LogP contribution is 2.36. The molecular formula is C17H27N3O. The van der Waals surface area contributed by atoms with Gasteiger partial charge in [-0.2, -0.15) is 0 Å². The number of urea groups is 1. The first-order valence-corrected chi connectivity index (χ1v) is 7.91. The highest BCUT2D eigenvalue weighted by Gasteiger charge is 2.39. The van der Waals surface area contributed by atoms with Gasteiger partial charge in [0.2, 0.25) is 0 Å². The van der Waals surface area contributed by atoms with Crippen LogP contribution in [0.3, 0.4) is 0 Å². The molecule has 3 N–H and O–H groups in total. The molecular weight excluding hydrogens is 262 g/mol. The van der Waals surface area contributed by atoms with Crippen molar-refractivity contribution < 1.29 is 4.79 Å². The van der Waals surface area contributed by atoms with Crippen molar-refractivity contribution in [3.8, 4) is 0 Å². The van der Waals surface area contributed by atoms with Crippen LogP contribution in [-0.4, -0.2) is 30.1 Å². The SMILES string of the molecule is CCC1CCC(CN)(N(C)C(=O)Nc2ccccc2)CC1. The van der Waals surface area contributed by atoms with Gasteiger partial charge in [0.25, 0.3) is 0 Å². The third kappa shape index (κ3) is 3.56. The zero-order valence-corrected chi connectivity index (χ0v) is 13.1. The molecule has 1 aromatic carbocycles. The lowest BCUT2D eigenvalue weighted by Crippen LogP contribution is -2.57. The smallest absolute Gasteiger partial charge is 0.322 e. The molecule has 0 unspecified atom stereocenters. The predicted molar refractivity (Wildman–Crippen MR) is 87.3 cm³/mol. The number of hydrogen-bond donors (Lipinski definition) is 2. The molecule has 0 radical (unpaired) electrons. The molecule has 0 heterocycles. The fraction of sp³-hybridized carbons (Fsp3) is 0.588. The van der Waals surface area contributed by atoms with E-state index in [1.54, 1.807) is 0 Å². The lowest BCUT2D eigenvalue weighted by atomic mass is 9.75. The van der Waals surface area contributed by atoms with Crippen LogP contribution in [0.2, 0.25) is 0 Å². The summed E-state index contributed by atoms with van der Waals surface area (Å²) in [5.41, 5.74) is 6.67. The van der Waals surface area contributed by atoms with Crippen molar-refractivity contribution >= 4 is 11.7 Å². The number of nitrogens with zero attached hydrogens (tertiary/aromatic N) is 1. The van der Waals surface area contributed by atoms with Crippen LogP contribution in [0.5, 0.6) is 0 Å². The first-order valence-electron chi connectivity index (χ1n) is 7.91. The maximum Gasteiger partial charge on any atom is 0.322 e. The zero-order valence-electron chi connectivity index (χ0n) is 13.1. The highest BCUT2D eigenvalue weighted by molar-refractivity contribution is 5.89. The van der Waals surface area contributed by atoms with Gasteiger partial charge in [-0.25, -0.2) is 4.79 Å². The molecule has 0 aliphatic heterocycles. The Bertz CT molecular complexity index is 452. The van der Waals surface area contributed by atoms with Crippen molar-refractivity contribution in [3.05, 3.63) is 30.3 Å². The number of rotatable bonds is 4. The molecule has 4 nitrogen and oxygen atoms in total. The van der Waals surface area contributed by atoms with E-state index in [0.29, 0.717) is 6.54 Å². The Labute approximate surface area is 127 Å². The molecule has 0 atom stereocenters. The quantitative estimate of drug-likeness (QED) is 0.892. The van der Waals surface area contributed by atoms with Gasteiger partial charge in [-0.05, 0) is 43.7 Å². The van der Waals surface area contributed by atoms with Gasteiger partial charge in [0.1, 0.15) is 0 Å². The summed E-state index contributed by atoms with van der Waals surface area (Å²) in [6.45, 7) is 2.77. The van der Waals surface area contributed by atoms with Crippen LogP contribution >= 0.6 is 0 Å². The second kappa shape index (κ2) is 6.94. The van der Waals surface area contributed by atoms with Crippen molar-refractivity contribution in [3.63, 3.8) is 0 Å². The number of hydrogen-bond acceptors (Lipinski definition) is 2. The molecule has 0 aromatic heterocycles. The van der Waals surface area contributed by atoms with Gasteiger partial charge in [-0.1, -0.05) is 31.5 Å². The average molecular weight is 289 g/mol. The second-order valence-corrected chi connectivity index (χ2v) is 6.14. The summed E-state index contributed by atoms with van der Waals surface area (Å²) in [6.07, 6.45) is 5.55. The van der Waals surface area contributed by atoms with Crippen molar-refractivity contribution in [1.82, 2.24) is 4.90 Å². The molecule has 0 saturated heterocycles. The Morgan fingerprint density at radius 3 is 2.48 bits per heavy atom. The summed E-state index contributed by atoms with van der Waals surface area (Å²) in [5.74, 6) is 0.787. The molecule has 0 bridgehead atoms. The van der Waals surface area contributed by atoms with E-state index < -0.39 is 0 Å². The third-order valence-electron chi connectivity index (χ3n) is 5.03. The molecule has 2 amide bonds. The number of carbonyl (C=O) groups excluding carboxylic acids is 1. The number of para-hydroxylation sites is 1. The predicted octanol–water partition coefficient (Wildman–Crippen LogP) is 3.45. The minimum absolute atomic E-state index is 0.0680. The van der Waals surface area contributed by atoms with E-state index in [0.717, 1.165) is 37.3 Å². The molecule has 0 spiro atoms. The van der Waals surface area contributed by atoms with Gasteiger partial charge in [0.15, 0.2) is 0 Å². The number of nitrogens with two attached hydrogens (primary N) is 1. The number of anilines is 1. The second-order valence-electron chi connectivity index (χ2n) is 6.14. The Hall–Kier alpha value is -1.55. The summed E-state index contributed by atoms with van der Waals surface area (Å²) in [5, 5.41) is 2.95. The van der Waals surface area contributed by atoms with E-state index in [1.807, 2.05) is 42.3 Å². The molecule has 4 heteroatoms. The molecule has 1 fully saturated rings. The molecule has 1 saturated carbocycles.